The molecule has 42 heavy (non-hydrogen) atoms. The Kier molecular flexibility index (Phi) is 8.74. The summed E-state index contributed by atoms with van der Waals surface area (Å²) in [4.78, 5) is 64.9. The van der Waals surface area contributed by atoms with E-state index in [1.165, 1.54) is 49.6 Å². The van der Waals surface area contributed by atoms with Crippen molar-refractivity contribution in [1.82, 2.24) is 15.1 Å². The largest absolute Gasteiger partial charge is 0.497 e. The monoisotopic (exact) mass is 582 g/mol. The van der Waals surface area contributed by atoms with Gasteiger partial charge >= 0.3 is 5.97 Å². The van der Waals surface area contributed by atoms with E-state index in [-0.39, 0.29) is 29.9 Å². The Morgan fingerprint density at radius 3 is 2.12 bits per heavy atom. The number of carboxylic acid groups (broad SMARTS) is 1. The van der Waals surface area contributed by atoms with Crippen molar-refractivity contribution in [1.29, 1.82) is 0 Å². The third-order valence-corrected chi connectivity index (χ3v) is 6.55. The number of nitrogens with one attached hydrogen (secondary N) is 1. The first-order chi connectivity index (χ1) is 20.0. The number of nitro groups is 1. The zero-order chi connectivity index (χ0) is 30.6. The molecule has 1 saturated heterocycles. The number of ether oxygens (including phenoxy) is 1. The fourth-order valence-corrected chi connectivity index (χ4v) is 4.61. The molecule has 3 aromatic carbocycles. The van der Waals surface area contributed by atoms with Crippen molar-refractivity contribution in [2.24, 2.45) is 0 Å². The zero-order valence-corrected chi connectivity index (χ0v) is 22.0. The molecular formula is C28H24F2N4O8. The molecular weight excluding hydrogens is 558 g/mol. The summed E-state index contributed by atoms with van der Waals surface area (Å²) in [5.74, 6) is -5.55. The first-order valence-corrected chi connectivity index (χ1v) is 12.5. The van der Waals surface area contributed by atoms with Gasteiger partial charge in [0.2, 0.25) is 0 Å². The maximum atomic E-state index is 13.9. The number of rotatable bonds is 9. The highest BCUT2D eigenvalue weighted by molar-refractivity contribution is 6.02. The van der Waals surface area contributed by atoms with Gasteiger partial charge in [-0.2, -0.15) is 0 Å². The molecule has 0 aliphatic carbocycles. The van der Waals surface area contributed by atoms with Crippen LogP contribution in [-0.4, -0.2) is 69.9 Å². The van der Waals surface area contributed by atoms with Gasteiger partial charge in [0.05, 0.1) is 24.5 Å². The van der Waals surface area contributed by atoms with E-state index in [2.05, 4.69) is 5.32 Å². The number of nitrogens with zero attached hydrogens (tertiary/aromatic N) is 3. The highest BCUT2D eigenvalue weighted by Gasteiger charge is 2.44. The van der Waals surface area contributed by atoms with E-state index in [4.69, 9.17) is 4.74 Å². The highest BCUT2D eigenvalue weighted by atomic mass is 19.1. The van der Waals surface area contributed by atoms with Crippen molar-refractivity contribution in [3.8, 4) is 5.75 Å². The molecule has 0 spiro atoms. The maximum Gasteiger partial charge on any atom is 0.305 e. The van der Waals surface area contributed by atoms with Crippen LogP contribution in [0.4, 0.5) is 14.5 Å². The lowest BCUT2D eigenvalue weighted by molar-refractivity contribution is -0.384. The average Bonchev–Trinajstić information content (AvgIpc) is 3.40. The number of carboxylic acids is 1. The summed E-state index contributed by atoms with van der Waals surface area (Å²) in [6.07, 6.45) is -2.34. The second-order valence-corrected chi connectivity index (χ2v) is 9.27. The Morgan fingerprint density at radius 1 is 0.976 bits per heavy atom. The Hall–Kier alpha value is -5.40. The molecule has 2 N–H and O–H groups in total. The van der Waals surface area contributed by atoms with Crippen LogP contribution in [-0.2, 0) is 9.59 Å². The Balaban J connectivity index is 1.71. The summed E-state index contributed by atoms with van der Waals surface area (Å²) >= 11 is 0. The minimum absolute atomic E-state index is 0.0936. The summed E-state index contributed by atoms with van der Waals surface area (Å²) in [5, 5.41) is 23.2. The van der Waals surface area contributed by atoms with Crippen molar-refractivity contribution >= 4 is 29.4 Å². The second kappa shape index (κ2) is 12.4. The van der Waals surface area contributed by atoms with Crippen LogP contribution < -0.4 is 10.1 Å². The van der Waals surface area contributed by atoms with Crippen LogP contribution in [0.25, 0.3) is 0 Å². The van der Waals surface area contributed by atoms with Gasteiger partial charge < -0.3 is 25.0 Å². The second-order valence-electron chi connectivity index (χ2n) is 9.27. The van der Waals surface area contributed by atoms with Crippen LogP contribution in [0.3, 0.4) is 0 Å². The molecule has 218 valence electrons. The normalized spacial score (nSPS) is 15.2. The van der Waals surface area contributed by atoms with Crippen molar-refractivity contribution in [3.05, 3.63) is 105 Å². The van der Waals surface area contributed by atoms with E-state index >= 15 is 0 Å². The average molecular weight is 583 g/mol. The Labute approximate surface area is 237 Å². The summed E-state index contributed by atoms with van der Waals surface area (Å²) in [7, 11) is 1.44. The van der Waals surface area contributed by atoms with E-state index in [1.807, 2.05) is 0 Å². The molecule has 1 fully saturated rings. The number of methoxy groups -OCH3 is 1. The fraction of sp³-hybridized carbons (Fsp3) is 0.214. The molecule has 2 unspecified atom stereocenters. The standard InChI is InChI=1S/C28H24F2N4O8/c1-42-22-7-5-16(6-8-22)27(38)32-9-10-33(28(39)18-11-19(29)14-20(30)12-18)26(32)25(37)31-23(15-24(35)36)17-3-2-4-21(13-17)34(40)41/h2-8,11-14,23,26H,9-10,15H2,1H3,(H,31,37)(H,35,36). The molecule has 1 aliphatic heterocycles. The number of non-ortho nitro benzene ring substituents is 1. The number of carbonyl (C=O) groups excluding carboxylic acids is 3. The first kappa shape index (κ1) is 29.6. The van der Waals surface area contributed by atoms with Crippen LogP contribution in [0, 0.1) is 21.7 Å². The molecule has 0 bridgehead atoms. The van der Waals surface area contributed by atoms with Gasteiger partial charge in [0, 0.05) is 42.4 Å². The van der Waals surface area contributed by atoms with Gasteiger partial charge in [-0.25, -0.2) is 8.78 Å². The van der Waals surface area contributed by atoms with E-state index in [1.54, 1.807) is 0 Å². The van der Waals surface area contributed by atoms with Crippen molar-refractivity contribution in [2.75, 3.05) is 20.2 Å². The minimum Gasteiger partial charge on any atom is -0.497 e. The molecule has 14 heteroatoms. The Morgan fingerprint density at radius 2 is 1.57 bits per heavy atom. The van der Waals surface area contributed by atoms with Gasteiger partial charge in [-0.15, -0.1) is 0 Å². The highest BCUT2D eigenvalue weighted by Crippen LogP contribution is 2.26. The summed E-state index contributed by atoms with van der Waals surface area (Å²) in [6, 6.07) is 11.7. The minimum atomic E-state index is -1.66. The molecule has 1 aliphatic rings. The molecule has 3 amide bonds. The van der Waals surface area contributed by atoms with E-state index < -0.39 is 64.4 Å². The number of amides is 3. The van der Waals surface area contributed by atoms with Crippen molar-refractivity contribution < 1.29 is 42.7 Å². The third kappa shape index (κ3) is 6.49. The van der Waals surface area contributed by atoms with Crippen molar-refractivity contribution in [3.63, 3.8) is 0 Å². The van der Waals surface area contributed by atoms with Crippen LogP contribution in [0.2, 0.25) is 0 Å². The van der Waals surface area contributed by atoms with Gasteiger partial charge in [-0.05, 0) is 42.0 Å². The van der Waals surface area contributed by atoms with Gasteiger partial charge in [0.15, 0.2) is 6.17 Å². The fourth-order valence-electron chi connectivity index (χ4n) is 4.61. The van der Waals surface area contributed by atoms with Gasteiger partial charge in [0.25, 0.3) is 23.4 Å². The number of carbonyl (C=O) groups is 4. The van der Waals surface area contributed by atoms with Crippen LogP contribution in [0.5, 0.6) is 5.75 Å². The van der Waals surface area contributed by atoms with E-state index in [9.17, 15) is 43.2 Å². The number of benzene rings is 3. The number of halogens is 2. The number of hydrogen-bond donors (Lipinski definition) is 2. The smallest absolute Gasteiger partial charge is 0.305 e. The predicted molar refractivity (Wildman–Crippen MR) is 141 cm³/mol. The van der Waals surface area contributed by atoms with Crippen LogP contribution in [0.1, 0.15) is 38.7 Å². The SMILES string of the molecule is COc1ccc(C(=O)N2CCN(C(=O)c3cc(F)cc(F)c3)C2C(=O)NC(CC(=O)O)c2cccc([N+](=O)[O-])c2)cc1. The molecule has 0 aromatic heterocycles. The number of hydrogen-bond acceptors (Lipinski definition) is 7. The quantitative estimate of drug-likeness (QED) is 0.288. The number of aliphatic carboxylic acids is 1. The Bertz CT molecular complexity index is 1530. The molecule has 3 aromatic rings. The van der Waals surface area contributed by atoms with Crippen LogP contribution >= 0.6 is 0 Å². The topological polar surface area (TPSA) is 159 Å². The van der Waals surface area contributed by atoms with E-state index in [0.717, 1.165) is 28.0 Å². The predicted octanol–water partition coefficient (Wildman–Crippen LogP) is 3.14. The number of nitro benzene ring substituents is 1. The lowest BCUT2D eigenvalue weighted by Crippen LogP contribution is -2.54. The third-order valence-electron chi connectivity index (χ3n) is 6.55. The van der Waals surface area contributed by atoms with Gasteiger partial charge in [0.1, 0.15) is 17.4 Å². The first-order valence-electron chi connectivity index (χ1n) is 12.5. The molecule has 2 atom stereocenters. The lowest BCUT2D eigenvalue weighted by atomic mass is 10.0. The molecule has 12 nitrogen and oxygen atoms in total. The summed E-state index contributed by atoms with van der Waals surface area (Å²) < 4.78 is 32.9. The molecule has 0 saturated carbocycles. The van der Waals surface area contributed by atoms with Gasteiger partial charge in [-0.3, -0.25) is 29.3 Å². The molecule has 0 radical (unpaired) electrons. The van der Waals surface area contributed by atoms with Crippen LogP contribution in [0.15, 0.2) is 66.7 Å². The summed E-state index contributed by atoms with van der Waals surface area (Å²) in [6.45, 7) is -0.343. The molecule has 4 rings (SSSR count). The lowest BCUT2D eigenvalue weighted by Gasteiger charge is -2.31. The van der Waals surface area contributed by atoms with Crippen molar-refractivity contribution in [2.45, 2.75) is 18.6 Å². The maximum absolute atomic E-state index is 13.9. The van der Waals surface area contributed by atoms with Gasteiger partial charge in [-0.1, -0.05) is 12.1 Å². The summed E-state index contributed by atoms with van der Waals surface area (Å²) in [5.41, 5.74) is -0.527. The van der Waals surface area contributed by atoms with E-state index in [0.29, 0.717) is 11.8 Å². The molecule has 1 heterocycles. The zero-order valence-electron chi connectivity index (χ0n) is 22.0.